The van der Waals surface area contributed by atoms with Crippen LogP contribution in [0.25, 0.3) is 0 Å². The molecule has 0 heterocycles. The molecule has 1 rings (SSSR count). The molecule has 0 aromatic heterocycles. The predicted octanol–water partition coefficient (Wildman–Crippen LogP) is 2.02. The predicted molar refractivity (Wildman–Crippen MR) is 66.6 cm³/mol. The molecule has 90 valence electrons. The van der Waals surface area contributed by atoms with Crippen LogP contribution >= 0.6 is 11.6 Å². The van der Waals surface area contributed by atoms with Gasteiger partial charge in [-0.2, -0.15) is 0 Å². The molecule has 16 heavy (non-hydrogen) atoms. The van der Waals surface area contributed by atoms with Gasteiger partial charge < -0.3 is 5.73 Å². The fourth-order valence-corrected chi connectivity index (χ4v) is 2.32. The highest BCUT2D eigenvalue weighted by molar-refractivity contribution is 7.90. The van der Waals surface area contributed by atoms with Gasteiger partial charge in [0, 0.05) is 11.3 Å². The van der Waals surface area contributed by atoms with Crippen LogP contribution in [0.15, 0.2) is 23.1 Å². The van der Waals surface area contributed by atoms with Crippen molar-refractivity contribution in [2.24, 2.45) is 5.73 Å². The second-order valence-electron chi connectivity index (χ2n) is 3.77. The molecule has 0 saturated heterocycles. The normalized spacial score (nSPS) is 11.7. The Morgan fingerprint density at radius 3 is 2.56 bits per heavy atom. The van der Waals surface area contributed by atoms with E-state index in [9.17, 15) is 8.42 Å². The van der Waals surface area contributed by atoms with Crippen molar-refractivity contribution in [1.29, 1.82) is 0 Å². The van der Waals surface area contributed by atoms with Crippen LogP contribution in [0.1, 0.15) is 18.4 Å². The van der Waals surface area contributed by atoms with Crippen molar-refractivity contribution in [2.75, 3.05) is 12.8 Å². The summed E-state index contributed by atoms with van der Waals surface area (Å²) in [5.74, 6) is 0. The maximum absolute atomic E-state index is 11.4. The van der Waals surface area contributed by atoms with Gasteiger partial charge in [-0.25, -0.2) is 8.42 Å². The van der Waals surface area contributed by atoms with Crippen molar-refractivity contribution in [1.82, 2.24) is 0 Å². The van der Waals surface area contributed by atoms with E-state index < -0.39 is 9.84 Å². The van der Waals surface area contributed by atoms with Gasteiger partial charge in [0.15, 0.2) is 9.84 Å². The third kappa shape index (κ3) is 3.77. The van der Waals surface area contributed by atoms with Gasteiger partial charge in [0.2, 0.25) is 0 Å². The lowest BCUT2D eigenvalue weighted by atomic mass is 10.1. The van der Waals surface area contributed by atoms with E-state index in [1.165, 1.54) is 12.3 Å². The first-order valence-corrected chi connectivity index (χ1v) is 7.40. The van der Waals surface area contributed by atoms with Crippen molar-refractivity contribution in [2.45, 2.75) is 24.2 Å². The summed E-state index contributed by atoms with van der Waals surface area (Å²) in [6.07, 6.45) is 3.79. The van der Waals surface area contributed by atoms with Crippen molar-refractivity contribution in [3.8, 4) is 0 Å². The topological polar surface area (TPSA) is 60.2 Å². The van der Waals surface area contributed by atoms with Gasteiger partial charge >= 0.3 is 0 Å². The Morgan fingerprint density at radius 2 is 2.00 bits per heavy atom. The van der Waals surface area contributed by atoms with Crippen LogP contribution in [0.5, 0.6) is 0 Å². The number of rotatable bonds is 5. The second kappa shape index (κ2) is 5.66. The Balaban J connectivity index is 2.91. The molecule has 0 aliphatic carbocycles. The van der Waals surface area contributed by atoms with Crippen LogP contribution in [-0.2, 0) is 16.3 Å². The Labute approximate surface area is 102 Å². The third-order valence-corrected chi connectivity index (χ3v) is 3.82. The largest absolute Gasteiger partial charge is 0.330 e. The summed E-state index contributed by atoms with van der Waals surface area (Å²) in [6, 6.07) is 4.81. The number of hydrogen-bond acceptors (Lipinski definition) is 3. The molecule has 2 N–H and O–H groups in total. The van der Waals surface area contributed by atoms with Gasteiger partial charge in [0.1, 0.15) is 0 Å². The van der Waals surface area contributed by atoms with E-state index in [4.69, 9.17) is 17.3 Å². The minimum atomic E-state index is -3.16. The number of unbranched alkanes of at least 4 members (excludes halogenated alkanes) is 1. The summed E-state index contributed by atoms with van der Waals surface area (Å²) in [7, 11) is -3.16. The zero-order valence-corrected chi connectivity index (χ0v) is 10.8. The number of nitrogens with two attached hydrogens (primary N) is 1. The van der Waals surface area contributed by atoms with Crippen LogP contribution < -0.4 is 5.73 Å². The zero-order chi connectivity index (χ0) is 12.2. The minimum Gasteiger partial charge on any atom is -0.330 e. The Morgan fingerprint density at radius 1 is 1.31 bits per heavy atom. The number of halogens is 1. The summed E-state index contributed by atoms with van der Waals surface area (Å²) in [5, 5.41) is 0.615. The van der Waals surface area contributed by atoms with Crippen LogP contribution in [0.4, 0.5) is 0 Å². The molecule has 1 aromatic rings. The Kier molecular flexibility index (Phi) is 4.77. The molecular weight excluding hydrogens is 246 g/mol. The first-order chi connectivity index (χ1) is 7.45. The molecule has 0 spiro atoms. The van der Waals surface area contributed by atoms with E-state index in [1.807, 2.05) is 0 Å². The molecule has 1 aromatic carbocycles. The number of aryl methyl sites for hydroxylation is 1. The number of sulfone groups is 1. The van der Waals surface area contributed by atoms with Crippen molar-refractivity contribution >= 4 is 21.4 Å². The molecule has 0 saturated carbocycles. The Bertz CT molecular complexity index is 457. The average Bonchev–Trinajstić information content (AvgIpc) is 2.19. The smallest absolute Gasteiger partial charge is 0.175 e. The van der Waals surface area contributed by atoms with Gasteiger partial charge in [-0.05, 0) is 49.6 Å². The zero-order valence-electron chi connectivity index (χ0n) is 9.24. The maximum atomic E-state index is 11.4. The summed E-state index contributed by atoms with van der Waals surface area (Å²) in [4.78, 5) is 0.319. The minimum absolute atomic E-state index is 0.319. The van der Waals surface area contributed by atoms with Gasteiger partial charge in [0.25, 0.3) is 0 Å². The molecule has 0 unspecified atom stereocenters. The summed E-state index contributed by atoms with van der Waals surface area (Å²) in [5.41, 5.74) is 6.27. The van der Waals surface area contributed by atoms with E-state index in [1.54, 1.807) is 12.1 Å². The van der Waals surface area contributed by atoms with Gasteiger partial charge in [0.05, 0.1) is 4.90 Å². The van der Waals surface area contributed by atoms with Crippen LogP contribution in [-0.4, -0.2) is 21.2 Å². The molecular formula is C11H16ClNO2S. The SMILES string of the molecule is CS(=O)(=O)c1ccc(Cl)c(CCCCN)c1. The summed E-state index contributed by atoms with van der Waals surface area (Å²) >= 11 is 6.00. The summed E-state index contributed by atoms with van der Waals surface area (Å²) in [6.45, 7) is 0.642. The molecule has 0 aliphatic heterocycles. The molecule has 0 fully saturated rings. The lowest BCUT2D eigenvalue weighted by Crippen LogP contribution is -2.01. The van der Waals surface area contributed by atoms with Crippen LogP contribution in [0, 0.1) is 0 Å². The highest BCUT2D eigenvalue weighted by Gasteiger charge is 2.09. The fourth-order valence-electron chi connectivity index (χ4n) is 1.43. The molecule has 0 bridgehead atoms. The molecule has 0 radical (unpaired) electrons. The van der Waals surface area contributed by atoms with Crippen molar-refractivity contribution in [3.05, 3.63) is 28.8 Å². The van der Waals surface area contributed by atoms with E-state index in [0.717, 1.165) is 24.8 Å². The molecule has 5 heteroatoms. The maximum Gasteiger partial charge on any atom is 0.175 e. The van der Waals surface area contributed by atoms with E-state index >= 15 is 0 Å². The lowest BCUT2D eigenvalue weighted by molar-refractivity contribution is 0.601. The molecule has 0 amide bonds. The monoisotopic (exact) mass is 261 g/mol. The van der Waals surface area contributed by atoms with Crippen LogP contribution in [0.3, 0.4) is 0 Å². The quantitative estimate of drug-likeness (QED) is 0.825. The number of benzene rings is 1. The third-order valence-electron chi connectivity index (χ3n) is 2.35. The molecule has 0 aliphatic rings. The van der Waals surface area contributed by atoms with Gasteiger partial charge in [-0.1, -0.05) is 11.6 Å². The van der Waals surface area contributed by atoms with Crippen molar-refractivity contribution in [3.63, 3.8) is 0 Å². The van der Waals surface area contributed by atoms with E-state index in [-0.39, 0.29) is 0 Å². The molecule has 0 atom stereocenters. The Hall–Kier alpha value is -0.580. The average molecular weight is 262 g/mol. The number of hydrogen-bond donors (Lipinski definition) is 1. The molecule has 3 nitrogen and oxygen atoms in total. The van der Waals surface area contributed by atoms with Crippen molar-refractivity contribution < 1.29 is 8.42 Å². The highest BCUT2D eigenvalue weighted by atomic mass is 35.5. The highest BCUT2D eigenvalue weighted by Crippen LogP contribution is 2.22. The van der Waals surface area contributed by atoms with Crippen LogP contribution in [0.2, 0.25) is 5.02 Å². The van der Waals surface area contributed by atoms with Gasteiger partial charge in [-0.15, -0.1) is 0 Å². The first kappa shape index (κ1) is 13.5. The summed E-state index contributed by atoms with van der Waals surface area (Å²) < 4.78 is 22.7. The first-order valence-electron chi connectivity index (χ1n) is 5.13. The fraction of sp³-hybridized carbons (Fsp3) is 0.455. The van der Waals surface area contributed by atoms with Gasteiger partial charge in [-0.3, -0.25) is 0 Å². The second-order valence-corrected chi connectivity index (χ2v) is 6.19. The van der Waals surface area contributed by atoms with E-state index in [2.05, 4.69) is 0 Å². The standard InChI is InChI=1S/C11H16ClNO2S/c1-16(14,15)10-5-6-11(12)9(8-10)4-2-3-7-13/h5-6,8H,2-4,7,13H2,1H3. The van der Waals surface area contributed by atoms with E-state index in [0.29, 0.717) is 16.5 Å². The lowest BCUT2D eigenvalue weighted by Gasteiger charge is -2.06.